The Balaban J connectivity index is 1.99. The maximum Gasteiger partial charge on any atom is 0.272 e. The normalized spacial score (nSPS) is 10.8. The summed E-state index contributed by atoms with van der Waals surface area (Å²) < 4.78 is 12.7. The summed E-state index contributed by atoms with van der Waals surface area (Å²) in [6.45, 7) is 4.98. The number of rotatable bonds is 7. The first kappa shape index (κ1) is 18.8. The quantitative estimate of drug-likeness (QED) is 0.639. The number of carbonyl (C=O) groups excluding carboxylic acids is 1. The lowest BCUT2D eigenvalue weighted by molar-refractivity contribution is 0.101. The van der Waals surface area contributed by atoms with E-state index in [4.69, 9.17) is 9.47 Å². The number of carbonyl (C=O) groups is 1. The van der Waals surface area contributed by atoms with Gasteiger partial charge in [-0.3, -0.25) is 4.79 Å². The molecule has 0 aliphatic carbocycles. The zero-order valence-corrected chi connectivity index (χ0v) is 16.3. The molecule has 142 valence electrons. The molecular weight excluding hydrogens is 340 g/mol. The molecule has 0 saturated carbocycles. The number of amides is 1. The van der Waals surface area contributed by atoms with Gasteiger partial charge in [0.05, 0.1) is 14.2 Å². The first-order valence-electron chi connectivity index (χ1n) is 9.21. The number of aromatic nitrogens is 1. The van der Waals surface area contributed by atoms with Gasteiger partial charge in [-0.15, -0.1) is 0 Å². The van der Waals surface area contributed by atoms with Gasteiger partial charge in [-0.2, -0.15) is 0 Å². The Labute approximate surface area is 159 Å². The molecule has 0 aliphatic rings. The van der Waals surface area contributed by atoms with Crippen molar-refractivity contribution in [1.82, 2.24) is 4.57 Å². The smallest absolute Gasteiger partial charge is 0.272 e. The van der Waals surface area contributed by atoms with Gasteiger partial charge in [0.25, 0.3) is 5.91 Å². The molecule has 1 heterocycles. The van der Waals surface area contributed by atoms with Crippen molar-refractivity contribution in [3.63, 3.8) is 0 Å². The molecule has 0 atom stereocenters. The summed E-state index contributed by atoms with van der Waals surface area (Å²) in [4.78, 5) is 13.1. The molecule has 0 aliphatic heterocycles. The van der Waals surface area contributed by atoms with Crippen molar-refractivity contribution in [2.24, 2.45) is 0 Å². The Morgan fingerprint density at radius 2 is 1.81 bits per heavy atom. The summed E-state index contributed by atoms with van der Waals surface area (Å²) in [5.74, 6) is 1.09. The average Bonchev–Trinajstić information content (AvgIpc) is 2.98. The maximum atomic E-state index is 13.1. The zero-order chi connectivity index (χ0) is 19.4. The summed E-state index contributed by atoms with van der Waals surface area (Å²) in [7, 11) is 3.17. The summed E-state index contributed by atoms with van der Waals surface area (Å²) in [6, 6.07) is 13.5. The highest BCUT2D eigenvalue weighted by Gasteiger charge is 2.20. The van der Waals surface area contributed by atoms with Gasteiger partial charge in [0.2, 0.25) is 0 Å². The molecule has 5 nitrogen and oxygen atoms in total. The van der Waals surface area contributed by atoms with E-state index in [1.54, 1.807) is 26.4 Å². The number of anilines is 1. The molecule has 0 fully saturated rings. The van der Waals surface area contributed by atoms with Crippen LogP contribution in [0, 0.1) is 6.92 Å². The second kappa shape index (κ2) is 8.16. The number of hydrogen-bond acceptors (Lipinski definition) is 3. The molecule has 0 bridgehead atoms. The fourth-order valence-electron chi connectivity index (χ4n) is 3.42. The topological polar surface area (TPSA) is 52.5 Å². The molecule has 1 amide bonds. The van der Waals surface area contributed by atoms with Crippen molar-refractivity contribution >= 4 is 22.5 Å². The summed E-state index contributed by atoms with van der Waals surface area (Å²) in [5, 5.41) is 4.12. The number of fused-ring (bicyclic) bond motifs is 1. The SMILES string of the molecule is CCCCn1c(C(=O)Nc2ccc(OC)c(OC)c2)c(C)c2ccccc21. The van der Waals surface area contributed by atoms with Crippen LogP contribution in [0.5, 0.6) is 11.5 Å². The maximum absolute atomic E-state index is 13.1. The van der Waals surface area contributed by atoms with Crippen molar-refractivity contribution in [3.05, 3.63) is 53.7 Å². The van der Waals surface area contributed by atoms with E-state index in [9.17, 15) is 4.79 Å². The van der Waals surface area contributed by atoms with Gasteiger partial charge in [-0.25, -0.2) is 0 Å². The van der Waals surface area contributed by atoms with Crippen LogP contribution in [0.3, 0.4) is 0 Å². The van der Waals surface area contributed by atoms with Crippen LogP contribution >= 0.6 is 0 Å². The molecule has 2 aromatic carbocycles. The van der Waals surface area contributed by atoms with Crippen LogP contribution in [0.2, 0.25) is 0 Å². The minimum atomic E-state index is -0.118. The van der Waals surface area contributed by atoms with Crippen molar-refractivity contribution in [2.45, 2.75) is 33.2 Å². The monoisotopic (exact) mass is 366 g/mol. The van der Waals surface area contributed by atoms with Gasteiger partial charge in [0.1, 0.15) is 5.69 Å². The Hall–Kier alpha value is -2.95. The molecule has 1 aromatic heterocycles. The lowest BCUT2D eigenvalue weighted by Gasteiger charge is -2.13. The number of nitrogens with one attached hydrogen (secondary N) is 1. The Kier molecular flexibility index (Phi) is 5.69. The van der Waals surface area contributed by atoms with E-state index in [0.29, 0.717) is 22.9 Å². The van der Waals surface area contributed by atoms with Crippen molar-refractivity contribution in [2.75, 3.05) is 19.5 Å². The van der Waals surface area contributed by atoms with Crippen LogP contribution in [0.1, 0.15) is 35.8 Å². The molecular formula is C22H26N2O3. The Morgan fingerprint density at radius 1 is 1.07 bits per heavy atom. The third kappa shape index (κ3) is 3.63. The van der Waals surface area contributed by atoms with Gasteiger partial charge in [0, 0.05) is 29.2 Å². The average molecular weight is 366 g/mol. The van der Waals surface area contributed by atoms with Gasteiger partial charge in [-0.1, -0.05) is 31.5 Å². The number of unbranched alkanes of at least 4 members (excludes halogenated alkanes) is 1. The van der Waals surface area contributed by atoms with Crippen molar-refractivity contribution in [3.8, 4) is 11.5 Å². The number of nitrogens with zero attached hydrogens (tertiary/aromatic N) is 1. The van der Waals surface area contributed by atoms with E-state index < -0.39 is 0 Å². The first-order chi connectivity index (χ1) is 13.1. The van der Waals surface area contributed by atoms with E-state index in [-0.39, 0.29) is 5.91 Å². The second-order valence-electron chi connectivity index (χ2n) is 6.52. The van der Waals surface area contributed by atoms with Gasteiger partial charge in [0.15, 0.2) is 11.5 Å². The highest BCUT2D eigenvalue weighted by atomic mass is 16.5. The minimum absolute atomic E-state index is 0.118. The Bertz CT molecular complexity index is 960. The number of methoxy groups -OCH3 is 2. The van der Waals surface area contributed by atoms with E-state index in [2.05, 4.69) is 28.9 Å². The molecule has 1 N–H and O–H groups in total. The second-order valence-corrected chi connectivity index (χ2v) is 6.52. The van der Waals surface area contributed by atoms with Crippen LogP contribution in [-0.2, 0) is 6.54 Å². The standard InChI is InChI=1S/C22H26N2O3/c1-5-6-13-24-18-10-8-7-9-17(18)15(2)21(24)22(25)23-16-11-12-19(26-3)20(14-16)27-4/h7-12,14H,5-6,13H2,1-4H3,(H,23,25). The molecule has 27 heavy (non-hydrogen) atoms. The molecule has 0 spiro atoms. The molecule has 0 unspecified atom stereocenters. The van der Waals surface area contributed by atoms with Crippen molar-refractivity contribution in [1.29, 1.82) is 0 Å². The summed E-state index contributed by atoms with van der Waals surface area (Å²) >= 11 is 0. The number of aryl methyl sites for hydroxylation is 2. The molecule has 0 saturated heterocycles. The minimum Gasteiger partial charge on any atom is -0.493 e. The van der Waals surface area contributed by atoms with E-state index in [1.807, 2.05) is 25.1 Å². The summed E-state index contributed by atoms with van der Waals surface area (Å²) in [5.41, 5.74) is 3.48. The van der Waals surface area contributed by atoms with Gasteiger partial charge in [-0.05, 0) is 37.1 Å². The third-order valence-electron chi connectivity index (χ3n) is 4.82. The van der Waals surface area contributed by atoms with Gasteiger partial charge < -0.3 is 19.4 Å². The lowest BCUT2D eigenvalue weighted by Crippen LogP contribution is -2.18. The fraction of sp³-hybridized carbons (Fsp3) is 0.318. The number of ether oxygens (including phenoxy) is 2. The van der Waals surface area contributed by atoms with Crippen LogP contribution in [0.15, 0.2) is 42.5 Å². The van der Waals surface area contributed by atoms with E-state index >= 15 is 0 Å². The number of benzene rings is 2. The molecule has 0 radical (unpaired) electrons. The highest BCUT2D eigenvalue weighted by Crippen LogP contribution is 2.31. The largest absolute Gasteiger partial charge is 0.493 e. The predicted octanol–water partition coefficient (Wildman–Crippen LogP) is 5.02. The van der Waals surface area contributed by atoms with Crippen LogP contribution < -0.4 is 14.8 Å². The first-order valence-corrected chi connectivity index (χ1v) is 9.21. The fourth-order valence-corrected chi connectivity index (χ4v) is 3.42. The molecule has 3 aromatic rings. The number of hydrogen-bond donors (Lipinski definition) is 1. The third-order valence-corrected chi connectivity index (χ3v) is 4.82. The zero-order valence-electron chi connectivity index (χ0n) is 16.3. The predicted molar refractivity (Wildman–Crippen MR) is 109 cm³/mol. The van der Waals surface area contributed by atoms with Crippen molar-refractivity contribution < 1.29 is 14.3 Å². The van der Waals surface area contributed by atoms with E-state index in [1.165, 1.54) is 0 Å². The van der Waals surface area contributed by atoms with Crippen LogP contribution in [0.4, 0.5) is 5.69 Å². The van der Waals surface area contributed by atoms with Crippen LogP contribution in [0.25, 0.3) is 10.9 Å². The highest BCUT2D eigenvalue weighted by molar-refractivity contribution is 6.08. The van der Waals surface area contributed by atoms with Gasteiger partial charge >= 0.3 is 0 Å². The van der Waals surface area contributed by atoms with Crippen LogP contribution in [-0.4, -0.2) is 24.7 Å². The molecule has 5 heteroatoms. The Morgan fingerprint density at radius 3 is 2.52 bits per heavy atom. The molecule has 3 rings (SSSR count). The summed E-state index contributed by atoms with van der Waals surface area (Å²) in [6.07, 6.45) is 2.09. The van der Waals surface area contributed by atoms with E-state index in [0.717, 1.165) is 35.9 Å². The number of para-hydroxylation sites is 1. The lowest BCUT2D eigenvalue weighted by atomic mass is 10.1.